The number of carbonyl (C=O) groups excluding carboxylic acids is 1. The summed E-state index contributed by atoms with van der Waals surface area (Å²) < 4.78 is 7.07. The highest BCUT2D eigenvalue weighted by Gasteiger charge is 2.12. The first kappa shape index (κ1) is 17.0. The second-order valence-corrected chi connectivity index (χ2v) is 6.02. The lowest BCUT2D eigenvalue weighted by Crippen LogP contribution is -2.31. The zero-order chi connectivity index (χ0) is 17.8. The van der Waals surface area contributed by atoms with Crippen molar-refractivity contribution in [1.82, 2.24) is 9.88 Å². The maximum absolute atomic E-state index is 12.3. The number of nitrogens with zero attached hydrogens (tertiary/aromatic N) is 1. The maximum Gasteiger partial charge on any atom is 0.240 e. The quantitative estimate of drug-likeness (QED) is 0.726. The van der Waals surface area contributed by atoms with Gasteiger partial charge in [-0.15, -0.1) is 0 Å². The van der Waals surface area contributed by atoms with Crippen molar-refractivity contribution < 1.29 is 14.6 Å². The summed E-state index contributed by atoms with van der Waals surface area (Å²) in [5.74, 6) is 0.604. The van der Waals surface area contributed by atoms with Crippen molar-refractivity contribution in [3.8, 4) is 5.75 Å². The molecule has 2 aromatic carbocycles. The second kappa shape index (κ2) is 7.40. The summed E-state index contributed by atoms with van der Waals surface area (Å²) in [6.07, 6.45) is -0.752. The summed E-state index contributed by atoms with van der Waals surface area (Å²) in [7, 11) is 1.60. The molecule has 0 fully saturated rings. The minimum atomic E-state index is -0.752. The van der Waals surface area contributed by atoms with Crippen LogP contribution in [0.3, 0.4) is 0 Å². The molecule has 0 aliphatic heterocycles. The number of amides is 1. The number of aryl methyl sites for hydroxylation is 1. The molecular weight excluding hydrogens is 316 g/mol. The second-order valence-electron chi connectivity index (χ2n) is 6.02. The van der Waals surface area contributed by atoms with Crippen LogP contribution in [0.1, 0.15) is 17.4 Å². The van der Waals surface area contributed by atoms with Gasteiger partial charge < -0.3 is 19.7 Å². The van der Waals surface area contributed by atoms with Crippen LogP contribution < -0.4 is 10.1 Å². The highest BCUT2D eigenvalue weighted by molar-refractivity contribution is 5.84. The number of hydrogen-bond donors (Lipinski definition) is 2. The smallest absolute Gasteiger partial charge is 0.240 e. The van der Waals surface area contributed by atoms with Crippen molar-refractivity contribution in [2.45, 2.75) is 19.6 Å². The molecule has 25 heavy (non-hydrogen) atoms. The monoisotopic (exact) mass is 338 g/mol. The molecule has 0 saturated heterocycles. The first-order valence-electron chi connectivity index (χ1n) is 8.22. The molecule has 0 saturated carbocycles. The van der Waals surface area contributed by atoms with Crippen LogP contribution in [-0.2, 0) is 11.3 Å². The van der Waals surface area contributed by atoms with Gasteiger partial charge in [0.1, 0.15) is 12.3 Å². The molecule has 0 unspecified atom stereocenters. The lowest BCUT2D eigenvalue weighted by molar-refractivity contribution is -0.122. The first-order valence-corrected chi connectivity index (χ1v) is 8.22. The van der Waals surface area contributed by atoms with E-state index >= 15 is 0 Å². The zero-order valence-electron chi connectivity index (χ0n) is 14.4. The fourth-order valence-electron chi connectivity index (χ4n) is 2.91. The topological polar surface area (TPSA) is 63.5 Å². The largest absolute Gasteiger partial charge is 0.497 e. The van der Waals surface area contributed by atoms with E-state index in [1.165, 1.54) is 0 Å². The number of aliphatic hydroxyl groups is 1. The van der Waals surface area contributed by atoms with E-state index < -0.39 is 6.10 Å². The van der Waals surface area contributed by atoms with Gasteiger partial charge in [0.25, 0.3) is 0 Å². The Hall–Kier alpha value is -2.79. The van der Waals surface area contributed by atoms with Gasteiger partial charge in [0, 0.05) is 17.8 Å². The van der Waals surface area contributed by atoms with E-state index in [2.05, 4.69) is 11.4 Å². The van der Waals surface area contributed by atoms with Crippen molar-refractivity contribution in [1.29, 1.82) is 0 Å². The first-order chi connectivity index (χ1) is 12.1. The van der Waals surface area contributed by atoms with Crippen molar-refractivity contribution in [2.24, 2.45) is 0 Å². The number of aromatic nitrogens is 1. The average Bonchev–Trinajstić information content (AvgIpc) is 2.95. The fraction of sp³-hybridized carbons (Fsp3) is 0.250. The number of methoxy groups -OCH3 is 1. The Kier molecular flexibility index (Phi) is 5.05. The van der Waals surface area contributed by atoms with Crippen LogP contribution >= 0.6 is 0 Å². The predicted molar refractivity (Wildman–Crippen MR) is 97.6 cm³/mol. The van der Waals surface area contributed by atoms with Crippen LogP contribution in [0.25, 0.3) is 10.9 Å². The van der Waals surface area contributed by atoms with Gasteiger partial charge in [-0.25, -0.2) is 0 Å². The minimum Gasteiger partial charge on any atom is -0.497 e. The van der Waals surface area contributed by atoms with Gasteiger partial charge in [0.2, 0.25) is 5.91 Å². The molecule has 0 bridgehead atoms. The zero-order valence-corrected chi connectivity index (χ0v) is 14.4. The van der Waals surface area contributed by atoms with Crippen LogP contribution in [0, 0.1) is 6.92 Å². The molecule has 0 aliphatic rings. The summed E-state index contributed by atoms with van der Waals surface area (Å²) in [6.45, 7) is 2.39. The summed E-state index contributed by atoms with van der Waals surface area (Å²) in [5, 5.41) is 14.1. The van der Waals surface area contributed by atoms with E-state index in [1.54, 1.807) is 31.4 Å². The summed E-state index contributed by atoms with van der Waals surface area (Å²) in [6, 6.07) is 17.2. The van der Waals surface area contributed by atoms with Crippen molar-refractivity contribution >= 4 is 16.8 Å². The Morgan fingerprint density at radius 2 is 1.92 bits per heavy atom. The molecule has 130 valence electrons. The van der Waals surface area contributed by atoms with E-state index in [0.717, 1.165) is 27.9 Å². The molecule has 1 heterocycles. The number of aliphatic hydroxyl groups excluding tert-OH is 1. The normalized spacial score (nSPS) is 12.1. The van der Waals surface area contributed by atoms with Crippen LogP contribution in [-0.4, -0.2) is 29.2 Å². The van der Waals surface area contributed by atoms with Gasteiger partial charge in [-0.2, -0.15) is 0 Å². The third-order valence-corrected chi connectivity index (χ3v) is 4.31. The van der Waals surface area contributed by atoms with Crippen LogP contribution in [0.5, 0.6) is 5.75 Å². The molecule has 1 atom stereocenters. The highest BCUT2D eigenvalue weighted by Crippen LogP contribution is 2.19. The maximum atomic E-state index is 12.3. The number of rotatable bonds is 6. The third-order valence-electron chi connectivity index (χ3n) is 4.31. The Bertz CT molecular complexity index is 868. The molecular formula is C20H22N2O3. The molecule has 0 radical (unpaired) electrons. The van der Waals surface area contributed by atoms with Crippen molar-refractivity contribution in [3.63, 3.8) is 0 Å². The van der Waals surface area contributed by atoms with Crippen LogP contribution in [0.4, 0.5) is 0 Å². The Morgan fingerprint density at radius 1 is 1.20 bits per heavy atom. The van der Waals surface area contributed by atoms with Gasteiger partial charge in [-0.3, -0.25) is 4.79 Å². The van der Waals surface area contributed by atoms with E-state index in [1.807, 2.05) is 35.8 Å². The summed E-state index contributed by atoms with van der Waals surface area (Å²) >= 11 is 0. The Balaban J connectivity index is 1.61. The SMILES string of the molecule is COc1ccc([C@H](O)CNC(=O)Cn2c(C)cc3ccccc32)cc1. The molecule has 5 heteroatoms. The Labute approximate surface area is 146 Å². The van der Waals surface area contributed by atoms with Gasteiger partial charge in [-0.1, -0.05) is 30.3 Å². The Morgan fingerprint density at radius 3 is 2.64 bits per heavy atom. The van der Waals surface area contributed by atoms with Crippen molar-refractivity contribution in [2.75, 3.05) is 13.7 Å². The lowest BCUT2D eigenvalue weighted by Gasteiger charge is -2.14. The van der Waals surface area contributed by atoms with Crippen molar-refractivity contribution in [3.05, 3.63) is 65.9 Å². The number of hydrogen-bond acceptors (Lipinski definition) is 3. The number of ether oxygens (including phenoxy) is 1. The molecule has 2 N–H and O–H groups in total. The van der Waals surface area contributed by atoms with Crippen LogP contribution in [0.15, 0.2) is 54.6 Å². The highest BCUT2D eigenvalue weighted by atomic mass is 16.5. The minimum absolute atomic E-state index is 0.128. The fourth-order valence-corrected chi connectivity index (χ4v) is 2.91. The predicted octanol–water partition coefficient (Wildman–Crippen LogP) is 2.81. The molecule has 3 aromatic rings. The number of para-hydroxylation sites is 1. The van der Waals surface area contributed by atoms with E-state index in [0.29, 0.717) is 0 Å². The number of nitrogens with one attached hydrogen (secondary N) is 1. The van der Waals surface area contributed by atoms with Gasteiger partial charge in [0.15, 0.2) is 0 Å². The van der Waals surface area contributed by atoms with E-state index in [4.69, 9.17) is 4.74 Å². The lowest BCUT2D eigenvalue weighted by atomic mass is 10.1. The number of fused-ring (bicyclic) bond motifs is 1. The van der Waals surface area contributed by atoms with Gasteiger partial charge in [0.05, 0.1) is 13.2 Å². The molecule has 0 aliphatic carbocycles. The van der Waals surface area contributed by atoms with Gasteiger partial charge >= 0.3 is 0 Å². The molecule has 5 nitrogen and oxygen atoms in total. The molecule has 1 amide bonds. The van der Waals surface area contributed by atoms with Gasteiger partial charge in [-0.05, 0) is 42.1 Å². The molecule has 0 spiro atoms. The third kappa shape index (κ3) is 3.83. The molecule has 3 rings (SSSR count). The number of carbonyl (C=O) groups is 1. The summed E-state index contributed by atoms with van der Waals surface area (Å²) in [4.78, 5) is 12.3. The average molecular weight is 338 g/mol. The van der Waals surface area contributed by atoms with E-state index in [-0.39, 0.29) is 19.0 Å². The number of benzene rings is 2. The summed E-state index contributed by atoms with van der Waals surface area (Å²) in [5.41, 5.74) is 2.81. The molecule has 1 aromatic heterocycles. The standard InChI is InChI=1S/C20H22N2O3/c1-14-11-16-5-3-4-6-18(16)22(14)13-20(24)21-12-19(23)15-7-9-17(25-2)10-8-15/h3-11,19,23H,12-13H2,1-2H3,(H,21,24)/t19-/m1/s1. The van der Waals surface area contributed by atoms with E-state index in [9.17, 15) is 9.90 Å². The van der Waals surface area contributed by atoms with Crippen LogP contribution in [0.2, 0.25) is 0 Å².